The maximum absolute atomic E-state index is 14.1. The highest BCUT2D eigenvalue weighted by atomic mass is 16.4. The number of carboxylic acid groups (broad SMARTS) is 3. The van der Waals surface area contributed by atoms with Gasteiger partial charge in [0.1, 0.15) is 78.8 Å². The zero-order chi connectivity index (χ0) is 72.7. The number of aromatic hydroxyl groups is 1. The molecule has 12 amide bonds. The number of amides is 12. The number of carbonyl (C=O) groups excluding carboxylic acids is 12. The predicted molar refractivity (Wildman–Crippen MR) is 331 cm³/mol. The second kappa shape index (κ2) is 41.0. The minimum Gasteiger partial charge on any atom is -0.508 e. The van der Waals surface area contributed by atoms with Crippen molar-refractivity contribution in [3.05, 3.63) is 65.7 Å². The van der Waals surface area contributed by atoms with Crippen molar-refractivity contribution in [1.82, 2.24) is 63.8 Å². The fourth-order valence-electron chi connectivity index (χ4n) is 8.86. The van der Waals surface area contributed by atoms with Crippen LogP contribution < -0.4 is 69.5 Å². The van der Waals surface area contributed by atoms with Crippen LogP contribution in [0.1, 0.15) is 78.4 Å². The SMILES string of the molecule is CC(C)C[C@H](NC(=O)[C@H](Cc1ccc(O)cc1)NC(=O)[C@H](CO)NC(=O)[C@H](CO)NC(=O)[C@@H](NC(=O)[C@H](CC(=O)O)NC(=O)[C@H](CO)NC(=O)[C@@H](NC(=O)[C@H](Cc1ccccc1)NC(=O)[C@@H](NC(=O)CN)[C@@H](C)O)[C@@H](C)O)C(C)C)C(=O)N[C@@H](CCC(=O)O)C(=O)NCC(=O)O. The molecule has 0 unspecified atom stereocenters. The third-order valence-corrected chi connectivity index (χ3v) is 14.0. The molecule has 0 aromatic heterocycles. The average molecular weight is 1360 g/mol. The lowest BCUT2D eigenvalue weighted by molar-refractivity contribution is -0.142. The van der Waals surface area contributed by atoms with Gasteiger partial charge < -0.3 is 115 Å². The number of hydrogen-bond donors (Lipinski definition) is 22. The van der Waals surface area contributed by atoms with Crippen LogP contribution in [0.3, 0.4) is 0 Å². The molecule has 13 atom stereocenters. The smallest absolute Gasteiger partial charge is 0.322 e. The monoisotopic (exact) mass is 1360 g/mol. The first-order valence-electron chi connectivity index (χ1n) is 30.0. The van der Waals surface area contributed by atoms with Crippen molar-refractivity contribution < 1.29 is 118 Å². The number of benzene rings is 2. The molecule has 37 nitrogen and oxygen atoms in total. The van der Waals surface area contributed by atoms with E-state index in [0.29, 0.717) is 11.1 Å². The molecule has 0 fully saturated rings. The molecule has 0 aliphatic heterocycles. The molecule has 2 aromatic carbocycles. The van der Waals surface area contributed by atoms with Crippen LogP contribution in [0, 0.1) is 11.8 Å². The Morgan fingerprint density at radius 3 is 1.22 bits per heavy atom. The highest BCUT2D eigenvalue weighted by Crippen LogP contribution is 2.15. The van der Waals surface area contributed by atoms with Gasteiger partial charge in [-0.1, -0.05) is 70.2 Å². The number of aliphatic hydroxyl groups is 5. The number of aliphatic carboxylic acids is 3. The van der Waals surface area contributed by atoms with E-state index in [-0.39, 0.29) is 24.5 Å². The fourth-order valence-corrected chi connectivity index (χ4v) is 8.86. The number of phenolic OH excluding ortho intramolecular Hbond substituents is 1. The van der Waals surface area contributed by atoms with Gasteiger partial charge in [0.2, 0.25) is 70.9 Å². The maximum atomic E-state index is 14.1. The van der Waals surface area contributed by atoms with Crippen molar-refractivity contribution in [2.24, 2.45) is 17.6 Å². The largest absolute Gasteiger partial charge is 0.508 e. The Hall–Kier alpha value is -9.95. The number of nitrogens with one attached hydrogen (secondary N) is 12. The number of carbonyl (C=O) groups is 15. The topological polar surface area (TPSA) is 608 Å². The molecule has 0 saturated carbocycles. The van der Waals surface area contributed by atoms with Gasteiger partial charge in [-0.15, -0.1) is 0 Å². The molecule has 532 valence electrons. The Balaban J connectivity index is 2.35. The zero-order valence-electron chi connectivity index (χ0n) is 53.4. The molecule has 0 radical (unpaired) electrons. The molecule has 0 bridgehead atoms. The maximum Gasteiger partial charge on any atom is 0.322 e. The summed E-state index contributed by atoms with van der Waals surface area (Å²) < 4.78 is 0. The van der Waals surface area contributed by atoms with Crippen molar-refractivity contribution in [3.63, 3.8) is 0 Å². The molecular formula is C59H87N13O24. The fraction of sp³-hybridized carbons (Fsp3) is 0.542. The van der Waals surface area contributed by atoms with E-state index in [1.165, 1.54) is 45.0 Å². The van der Waals surface area contributed by atoms with Crippen LogP contribution in [0.2, 0.25) is 0 Å². The third kappa shape index (κ3) is 28.7. The molecule has 0 saturated heterocycles. The summed E-state index contributed by atoms with van der Waals surface area (Å²) in [7, 11) is 0. The Morgan fingerprint density at radius 1 is 0.406 bits per heavy atom. The molecule has 2 rings (SSSR count). The first-order valence-corrected chi connectivity index (χ1v) is 30.0. The standard InChI is InChI=1S/C59H87N13O24/c1-27(2)18-35(50(87)62-34(16-17-43(80)81)49(86)61-23-45(84)85)63-51(88)36(20-32-12-14-33(78)15-13-32)64-54(91)39(24-73)67-56(93)41(26-75)68-57(94)46(28(3)4)71-53(90)38(21-44(82)83)65-55(92)40(25-74)69-59(96)48(30(6)77)72-52(89)37(19-31-10-8-7-9-11-31)66-58(95)47(29(5)76)70-42(79)22-60/h7-15,27-30,34-41,46-48,73-78H,16-26,60H2,1-6H3,(H,61,86)(H,62,87)(H,63,88)(H,64,91)(H,65,92)(H,66,95)(H,67,93)(H,68,94)(H,69,96)(H,70,79)(H,71,90)(H,72,89)(H,80,81)(H,82,83)(H,84,85)/t29-,30-,34+,35+,36+,37+,38+,39+,40+,41+,46+,47+,48+/m1/s1. The Morgan fingerprint density at radius 2 is 0.781 bits per heavy atom. The molecule has 96 heavy (non-hydrogen) atoms. The number of aliphatic hydroxyl groups excluding tert-OH is 5. The summed E-state index contributed by atoms with van der Waals surface area (Å²) in [6.07, 6.45) is -6.44. The van der Waals surface area contributed by atoms with Crippen LogP contribution in [0.5, 0.6) is 5.75 Å². The normalized spacial score (nSPS) is 15.1. The van der Waals surface area contributed by atoms with Gasteiger partial charge in [-0.05, 0) is 61.8 Å². The number of carboxylic acids is 3. The van der Waals surface area contributed by atoms with Crippen molar-refractivity contribution in [2.45, 2.75) is 159 Å². The van der Waals surface area contributed by atoms with E-state index >= 15 is 0 Å². The highest BCUT2D eigenvalue weighted by molar-refractivity contribution is 6.00. The lowest BCUT2D eigenvalue weighted by atomic mass is 10.00. The van der Waals surface area contributed by atoms with E-state index < -0.39 is 232 Å². The van der Waals surface area contributed by atoms with Crippen molar-refractivity contribution in [3.8, 4) is 5.75 Å². The summed E-state index contributed by atoms with van der Waals surface area (Å²) in [5, 5.41) is 116. The van der Waals surface area contributed by atoms with Crippen LogP contribution >= 0.6 is 0 Å². The second-order valence-electron chi connectivity index (χ2n) is 22.8. The lowest BCUT2D eigenvalue weighted by Gasteiger charge is -2.29. The molecule has 23 N–H and O–H groups in total. The van der Waals surface area contributed by atoms with Crippen LogP contribution in [0.4, 0.5) is 0 Å². The van der Waals surface area contributed by atoms with Crippen LogP contribution in [-0.2, 0) is 84.8 Å². The Labute approximate surface area is 549 Å². The van der Waals surface area contributed by atoms with Gasteiger partial charge >= 0.3 is 17.9 Å². The molecular weight excluding hydrogens is 1270 g/mol. The number of rotatable bonds is 42. The van der Waals surface area contributed by atoms with Crippen molar-refractivity contribution >= 4 is 88.8 Å². The summed E-state index contributed by atoms with van der Waals surface area (Å²) in [6.45, 7) is 3.09. The first-order chi connectivity index (χ1) is 45.0. The van der Waals surface area contributed by atoms with E-state index in [9.17, 15) is 113 Å². The molecule has 2 aromatic rings. The van der Waals surface area contributed by atoms with Gasteiger partial charge in [-0.2, -0.15) is 0 Å². The van der Waals surface area contributed by atoms with Gasteiger partial charge in [0.25, 0.3) is 0 Å². The van der Waals surface area contributed by atoms with Crippen molar-refractivity contribution in [2.75, 3.05) is 32.9 Å². The first kappa shape index (κ1) is 82.1. The van der Waals surface area contributed by atoms with E-state index in [0.717, 1.165) is 6.92 Å². The van der Waals surface area contributed by atoms with Crippen LogP contribution in [-0.4, -0.2) is 246 Å². The van der Waals surface area contributed by atoms with Crippen LogP contribution in [0.25, 0.3) is 0 Å². The summed E-state index contributed by atoms with van der Waals surface area (Å²) in [4.78, 5) is 197. The van der Waals surface area contributed by atoms with E-state index in [2.05, 4.69) is 53.2 Å². The van der Waals surface area contributed by atoms with Crippen molar-refractivity contribution in [1.29, 1.82) is 0 Å². The van der Waals surface area contributed by atoms with Gasteiger partial charge in [-0.3, -0.25) is 71.9 Å². The van der Waals surface area contributed by atoms with Crippen LogP contribution in [0.15, 0.2) is 54.6 Å². The average Bonchev–Trinajstić information content (AvgIpc) is 0.870. The molecule has 37 heteroatoms. The Bertz CT molecular complexity index is 3030. The minimum absolute atomic E-state index is 0.129. The molecule has 0 aliphatic carbocycles. The van der Waals surface area contributed by atoms with E-state index in [4.69, 9.17) is 10.8 Å². The Kier molecular flexibility index (Phi) is 35.1. The van der Waals surface area contributed by atoms with Gasteiger partial charge in [0.15, 0.2) is 0 Å². The summed E-state index contributed by atoms with van der Waals surface area (Å²) in [5.41, 5.74) is 6.10. The number of hydrogen-bond acceptors (Lipinski definition) is 22. The minimum atomic E-state index is -2.11. The summed E-state index contributed by atoms with van der Waals surface area (Å²) >= 11 is 0. The highest BCUT2D eigenvalue weighted by Gasteiger charge is 2.39. The van der Waals surface area contributed by atoms with Gasteiger partial charge in [0, 0.05) is 19.3 Å². The molecule has 0 aliphatic rings. The quantitative estimate of drug-likeness (QED) is 0.0293. The van der Waals surface area contributed by atoms with E-state index in [1.807, 2.05) is 10.6 Å². The van der Waals surface area contributed by atoms with Gasteiger partial charge in [0.05, 0.1) is 45.0 Å². The third-order valence-electron chi connectivity index (χ3n) is 14.0. The number of phenols is 1. The lowest BCUT2D eigenvalue weighted by Crippen LogP contribution is -2.63. The predicted octanol–water partition coefficient (Wildman–Crippen LogP) is -8.55. The zero-order valence-corrected chi connectivity index (χ0v) is 53.4. The number of nitrogens with two attached hydrogens (primary N) is 1. The second-order valence-corrected chi connectivity index (χ2v) is 22.8. The summed E-state index contributed by atoms with van der Waals surface area (Å²) in [6, 6.07) is -6.63. The van der Waals surface area contributed by atoms with E-state index in [1.54, 1.807) is 44.2 Å². The summed E-state index contributed by atoms with van der Waals surface area (Å²) in [5.74, 6) is -20.2. The molecule has 0 heterocycles. The van der Waals surface area contributed by atoms with Gasteiger partial charge in [-0.25, -0.2) is 0 Å². The molecule has 0 spiro atoms.